The van der Waals surface area contributed by atoms with Crippen molar-refractivity contribution in [2.45, 2.75) is 0 Å². The maximum Gasteiger partial charge on any atom is 0.281 e. The van der Waals surface area contributed by atoms with Gasteiger partial charge in [-0.1, -0.05) is 0 Å². The van der Waals surface area contributed by atoms with Crippen molar-refractivity contribution in [2.24, 2.45) is 0 Å². The fraction of sp³-hybridized carbons (Fsp3) is 0.455. The van der Waals surface area contributed by atoms with Crippen molar-refractivity contribution in [1.29, 1.82) is 0 Å². The van der Waals surface area contributed by atoms with Gasteiger partial charge in [0.05, 0.1) is 5.39 Å². The molecule has 7 heteroatoms. The molecule has 0 saturated carbocycles. The molecule has 1 N–H and O–H groups in total. The van der Waals surface area contributed by atoms with E-state index in [2.05, 4.69) is 16.9 Å². The smallest absolute Gasteiger partial charge is 0.281 e. The van der Waals surface area contributed by atoms with Gasteiger partial charge < -0.3 is 14.9 Å². The number of nitrogens with one attached hydrogen (secondary N) is 1. The number of rotatable bonds is 1. The Balaban J connectivity index is 2.11. The zero-order chi connectivity index (χ0) is 12.7. The van der Waals surface area contributed by atoms with Crippen molar-refractivity contribution in [3.05, 3.63) is 26.6 Å². The third-order valence-electron chi connectivity index (χ3n) is 3.26. The highest BCUT2D eigenvalue weighted by atomic mass is 32.1. The van der Waals surface area contributed by atoms with E-state index in [-0.39, 0.29) is 5.56 Å². The molecule has 1 saturated heterocycles. The van der Waals surface area contributed by atoms with E-state index in [0.29, 0.717) is 10.2 Å². The first-order chi connectivity index (χ1) is 8.66. The lowest BCUT2D eigenvalue weighted by atomic mass is 10.4. The molecule has 0 unspecified atom stereocenters. The Bertz CT molecular complexity index is 678. The zero-order valence-corrected chi connectivity index (χ0v) is 11.7. The van der Waals surface area contributed by atoms with Crippen LogP contribution >= 0.6 is 23.6 Å². The normalized spacial score (nSPS) is 17.5. The first-order valence-electron chi connectivity index (χ1n) is 5.83. The summed E-state index contributed by atoms with van der Waals surface area (Å²) >= 11 is 6.81. The standard InChI is InChI=1S/C11H14N4OS2/c1-13-3-5-14(6-4-13)15-10(16)8-2-7-18-9(8)12-11(15)17/h2,7H,3-6H2,1H3,(H,12,17). The van der Waals surface area contributed by atoms with Crippen LogP contribution in [0.25, 0.3) is 10.2 Å². The van der Waals surface area contributed by atoms with Crippen molar-refractivity contribution in [3.8, 4) is 0 Å². The van der Waals surface area contributed by atoms with Crippen LogP contribution < -0.4 is 10.6 Å². The van der Waals surface area contributed by atoms with Crippen LogP contribution in [-0.4, -0.2) is 47.8 Å². The highest BCUT2D eigenvalue weighted by Crippen LogP contribution is 2.14. The second-order valence-corrected chi connectivity index (χ2v) is 5.77. The second-order valence-electron chi connectivity index (χ2n) is 4.47. The lowest BCUT2D eigenvalue weighted by Gasteiger charge is -2.34. The molecule has 96 valence electrons. The third kappa shape index (κ3) is 1.88. The number of aromatic amines is 1. The molecule has 2 aromatic heterocycles. The molecule has 0 radical (unpaired) electrons. The Morgan fingerprint density at radius 1 is 1.33 bits per heavy atom. The van der Waals surface area contributed by atoms with E-state index in [0.717, 1.165) is 31.0 Å². The first-order valence-corrected chi connectivity index (χ1v) is 7.12. The molecule has 0 bridgehead atoms. The van der Waals surface area contributed by atoms with Gasteiger partial charge in [-0.25, -0.2) is 0 Å². The minimum absolute atomic E-state index is 0.0143. The molecule has 2 aromatic rings. The molecule has 5 nitrogen and oxygen atoms in total. The summed E-state index contributed by atoms with van der Waals surface area (Å²) in [6.07, 6.45) is 0. The molecular weight excluding hydrogens is 268 g/mol. The van der Waals surface area contributed by atoms with Gasteiger partial charge in [-0.15, -0.1) is 11.3 Å². The summed E-state index contributed by atoms with van der Waals surface area (Å²) in [4.78, 5) is 18.7. The Morgan fingerprint density at radius 3 is 2.78 bits per heavy atom. The van der Waals surface area contributed by atoms with Crippen LogP contribution in [0.5, 0.6) is 0 Å². The average molecular weight is 282 g/mol. The van der Waals surface area contributed by atoms with Crippen LogP contribution in [0.4, 0.5) is 0 Å². The predicted molar refractivity (Wildman–Crippen MR) is 76.7 cm³/mol. The zero-order valence-electron chi connectivity index (χ0n) is 10.0. The number of aromatic nitrogens is 2. The number of fused-ring (bicyclic) bond motifs is 1. The SMILES string of the molecule is CN1CCN(n2c(=S)[nH]c3sccc3c2=O)CC1. The minimum Gasteiger partial charge on any atom is -0.322 e. The number of hydrogen-bond acceptors (Lipinski definition) is 5. The van der Waals surface area contributed by atoms with Crippen LogP contribution in [0.1, 0.15) is 0 Å². The summed E-state index contributed by atoms with van der Waals surface area (Å²) < 4.78 is 2.09. The van der Waals surface area contributed by atoms with Gasteiger partial charge in [-0.2, -0.15) is 4.68 Å². The maximum atomic E-state index is 12.4. The van der Waals surface area contributed by atoms with E-state index in [1.165, 1.54) is 11.3 Å². The monoisotopic (exact) mass is 282 g/mol. The van der Waals surface area contributed by atoms with Crippen molar-refractivity contribution in [2.75, 3.05) is 38.2 Å². The summed E-state index contributed by atoms with van der Waals surface area (Å²) in [5.41, 5.74) is -0.0143. The van der Waals surface area contributed by atoms with Crippen LogP contribution in [0.15, 0.2) is 16.2 Å². The Hall–Kier alpha value is -1.18. The van der Waals surface area contributed by atoms with E-state index in [9.17, 15) is 4.79 Å². The molecule has 1 aliphatic rings. The predicted octanol–water partition coefficient (Wildman–Crippen LogP) is 1.00. The van der Waals surface area contributed by atoms with Crippen LogP contribution in [0, 0.1) is 4.77 Å². The number of likely N-dealkylation sites (N-methyl/N-ethyl adjacent to an activating group) is 1. The van der Waals surface area contributed by atoms with Gasteiger partial charge in [0.25, 0.3) is 5.56 Å². The Labute approximate surface area is 113 Å². The molecule has 1 fully saturated rings. The largest absolute Gasteiger partial charge is 0.322 e. The minimum atomic E-state index is -0.0143. The topological polar surface area (TPSA) is 44.3 Å². The van der Waals surface area contributed by atoms with Crippen LogP contribution in [0.3, 0.4) is 0 Å². The molecule has 0 spiro atoms. The van der Waals surface area contributed by atoms with Crippen molar-refractivity contribution in [1.82, 2.24) is 14.6 Å². The fourth-order valence-corrected chi connectivity index (χ4v) is 3.33. The molecule has 0 atom stereocenters. The number of thiophene rings is 1. The van der Waals surface area contributed by atoms with Crippen molar-refractivity contribution in [3.63, 3.8) is 0 Å². The van der Waals surface area contributed by atoms with Crippen LogP contribution in [0.2, 0.25) is 0 Å². The maximum absolute atomic E-state index is 12.4. The van der Waals surface area contributed by atoms with Gasteiger partial charge in [0.2, 0.25) is 0 Å². The second kappa shape index (κ2) is 4.49. The lowest BCUT2D eigenvalue weighted by molar-refractivity contribution is 0.284. The summed E-state index contributed by atoms with van der Waals surface area (Å²) in [6.45, 7) is 3.54. The Morgan fingerprint density at radius 2 is 2.06 bits per heavy atom. The molecular formula is C11H14N4OS2. The van der Waals surface area contributed by atoms with Gasteiger partial charge in [-0.3, -0.25) is 4.79 Å². The lowest BCUT2D eigenvalue weighted by Crippen LogP contribution is -2.53. The van der Waals surface area contributed by atoms with Gasteiger partial charge >= 0.3 is 0 Å². The summed E-state index contributed by atoms with van der Waals surface area (Å²) in [7, 11) is 2.09. The molecule has 3 heterocycles. The molecule has 18 heavy (non-hydrogen) atoms. The van der Waals surface area contributed by atoms with Gasteiger partial charge in [0.1, 0.15) is 4.83 Å². The van der Waals surface area contributed by atoms with E-state index in [4.69, 9.17) is 12.2 Å². The Kier molecular flexibility index (Phi) is 2.96. The molecule has 0 amide bonds. The van der Waals surface area contributed by atoms with Gasteiger partial charge in [0, 0.05) is 26.2 Å². The van der Waals surface area contributed by atoms with Crippen molar-refractivity contribution >= 4 is 33.8 Å². The van der Waals surface area contributed by atoms with E-state index in [1.54, 1.807) is 4.68 Å². The highest BCUT2D eigenvalue weighted by molar-refractivity contribution is 7.71. The van der Waals surface area contributed by atoms with Crippen molar-refractivity contribution < 1.29 is 0 Å². The first kappa shape index (κ1) is 11.9. The molecule has 0 aliphatic carbocycles. The number of nitrogens with zero attached hydrogens (tertiary/aromatic N) is 3. The number of H-pyrrole nitrogens is 1. The number of hydrogen-bond donors (Lipinski definition) is 1. The third-order valence-corrected chi connectivity index (χ3v) is 4.37. The average Bonchev–Trinajstić information content (AvgIpc) is 2.80. The quantitative estimate of drug-likeness (QED) is 0.793. The van der Waals surface area contributed by atoms with E-state index in [1.807, 2.05) is 16.5 Å². The van der Waals surface area contributed by atoms with E-state index < -0.39 is 0 Å². The highest BCUT2D eigenvalue weighted by Gasteiger charge is 2.17. The summed E-state index contributed by atoms with van der Waals surface area (Å²) in [6, 6.07) is 1.85. The van der Waals surface area contributed by atoms with Gasteiger partial charge in [-0.05, 0) is 30.7 Å². The molecule has 1 aliphatic heterocycles. The number of piperazine rings is 1. The van der Waals surface area contributed by atoms with Gasteiger partial charge in [0.15, 0.2) is 4.77 Å². The fourth-order valence-electron chi connectivity index (χ4n) is 2.18. The summed E-state index contributed by atoms with van der Waals surface area (Å²) in [5, 5.41) is 4.65. The van der Waals surface area contributed by atoms with Crippen LogP contribution in [-0.2, 0) is 0 Å². The molecule has 3 rings (SSSR count). The van der Waals surface area contributed by atoms with E-state index >= 15 is 0 Å². The summed E-state index contributed by atoms with van der Waals surface area (Å²) in [5.74, 6) is 0. The molecule has 0 aromatic carbocycles.